The van der Waals surface area contributed by atoms with Crippen molar-refractivity contribution >= 4 is 5.91 Å². The van der Waals surface area contributed by atoms with E-state index in [0.29, 0.717) is 18.8 Å². The van der Waals surface area contributed by atoms with Crippen LogP contribution >= 0.6 is 0 Å². The van der Waals surface area contributed by atoms with E-state index in [4.69, 9.17) is 0 Å². The molecule has 1 rings (SSSR count). The van der Waals surface area contributed by atoms with Crippen LogP contribution in [-0.4, -0.2) is 34.1 Å². The first-order chi connectivity index (χ1) is 6.69. The van der Waals surface area contributed by atoms with Crippen molar-refractivity contribution in [3.8, 4) is 0 Å². The van der Waals surface area contributed by atoms with Crippen molar-refractivity contribution in [2.75, 3.05) is 13.1 Å². The highest BCUT2D eigenvalue weighted by molar-refractivity contribution is 5.92. The molecular weight excluding hydrogens is 178 g/mol. The van der Waals surface area contributed by atoms with E-state index in [-0.39, 0.29) is 5.91 Å². The number of rotatable bonds is 3. The lowest BCUT2D eigenvalue weighted by atomic mass is 10.3. The monoisotopic (exact) mass is 193 g/mol. The predicted molar refractivity (Wildman–Crippen MR) is 54.0 cm³/mol. The molecule has 0 N–H and O–H groups in total. The Bertz CT molecular complexity index is 304. The second-order valence-corrected chi connectivity index (χ2v) is 3.04. The van der Waals surface area contributed by atoms with Crippen LogP contribution in [0.15, 0.2) is 12.1 Å². The summed E-state index contributed by atoms with van der Waals surface area (Å²) in [5, 5.41) is 7.71. The molecule has 0 aromatic carbocycles. The number of hydrogen-bond acceptors (Lipinski definition) is 3. The van der Waals surface area contributed by atoms with Gasteiger partial charge in [-0.25, -0.2) is 0 Å². The molecule has 14 heavy (non-hydrogen) atoms. The molecule has 0 bridgehead atoms. The van der Waals surface area contributed by atoms with Gasteiger partial charge in [-0.15, -0.1) is 5.10 Å². The summed E-state index contributed by atoms with van der Waals surface area (Å²) in [7, 11) is 0. The molecule has 1 heterocycles. The molecule has 0 unspecified atom stereocenters. The molecule has 76 valence electrons. The molecule has 0 aliphatic carbocycles. The van der Waals surface area contributed by atoms with Crippen LogP contribution in [0.1, 0.15) is 30.0 Å². The van der Waals surface area contributed by atoms with E-state index >= 15 is 0 Å². The van der Waals surface area contributed by atoms with E-state index in [1.54, 1.807) is 17.0 Å². The zero-order valence-corrected chi connectivity index (χ0v) is 8.82. The summed E-state index contributed by atoms with van der Waals surface area (Å²) in [6.45, 7) is 7.14. The normalized spacial score (nSPS) is 9.93. The van der Waals surface area contributed by atoms with Crippen LogP contribution in [-0.2, 0) is 0 Å². The fourth-order valence-electron chi connectivity index (χ4n) is 1.19. The Kier molecular flexibility index (Phi) is 3.56. The fourth-order valence-corrected chi connectivity index (χ4v) is 1.19. The van der Waals surface area contributed by atoms with Gasteiger partial charge in [0.15, 0.2) is 5.69 Å². The standard InChI is InChI=1S/C10H15N3O/c1-4-13(5-2)10(14)9-7-6-8(3)11-12-9/h6-7H,4-5H2,1-3H3. The summed E-state index contributed by atoms with van der Waals surface area (Å²) in [5.41, 5.74) is 1.24. The van der Waals surface area contributed by atoms with Crippen molar-refractivity contribution in [2.45, 2.75) is 20.8 Å². The third-order valence-corrected chi connectivity index (χ3v) is 2.07. The Balaban J connectivity index is 2.83. The Hall–Kier alpha value is -1.45. The zero-order valence-electron chi connectivity index (χ0n) is 8.82. The lowest BCUT2D eigenvalue weighted by Crippen LogP contribution is -2.31. The van der Waals surface area contributed by atoms with Gasteiger partial charge in [0.25, 0.3) is 5.91 Å². The Labute approximate surface area is 84.0 Å². The lowest BCUT2D eigenvalue weighted by Gasteiger charge is -2.17. The van der Waals surface area contributed by atoms with Gasteiger partial charge in [-0.3, -0.25) is 4.79 Å². The van der Waals surface area contributed by atoms with Crippen molar-refractivity contribution in [2.24, 2.45) is 0 Å². The Morgan fingerprint density at radius 1 is 1.29 bits per heavy atom. The summed E-state index contributed by atoms with van der Waals surface area (Å²) < 4.78 is 0. The van der Waals surface area contributed by atoms with Gasteiger partial charge in [-0.2, -0.15) is 5.10 Å². The molecule has 0 saturated heterocycles. The summed E-state index contributed by atoms with van der Waals surface area (Å²) in [5.74, 6) is -0.0532. The molecule has 4 nitrogen and oxygen atoms in total. The molecule has 0 aliphatic rings. The first-order valence-corrected chi connectivity index (χ1v) is 4.78. The molecule has 4 heteroatoms. The molecule has 0 spiro atoms. The summed E-state index contributed by atoms with van der Waals surface area (Å²) in [4.78, 5) is 13.5. The van der Waals surface area contributed by atoms with Crippen LogP contribution in [0.3, 0.4) is 0 Å². The average molecular weight is 193 g/mol. The predicted octanol–water partition coefficient (Wildman–Crippen LogP) is 1.27. The minimum atomic E-state index is -0.0532. The second-order valence-electron chi connectivity index (χ2n) is 3.04. The zero-order chi connectivity index (χ0) is 10.6. The van der Waals surface area contributed by atoms with E-state index in [1.165, 1.54) is 0 Å². The fraction of sp³-hybridized carbons (Fsp3) is 0.500. The van der Waals surface area contributed by atoms with Crippen LogP contribution in [0.2, 0.25) is 0 Å². The molecular formula is C10H15N3O. The molecule has 1 amide bonds. The number of aryl methyl sites for hydroxylation is 1. The van der Waals surface area contributed by atoms with Crippen molar-refractivity contribution in [1.82, 2.24) is 15.1 Å². The molecule has 1 aromatic rings. The van der Waals surface area contributed by atoms with Gasteiger partial charge in [-0.1, -0.05) is 0 Å². The summed E-state index contributed by atoms with van der Waals surface area (Å²) in [6, 6.07) is 3.51. The maximum atomic E-state index is 11.7. The van der Waals surface area contributed by atoms with Crippen molar-refractivity contribution in [3.05, 3.63) is 23.5 Å². The van der Waals surface area contributed by atoms with Gasteiger partial charge in [-0.05, 0) is 32.9 Å². The maximum Gasteiger partial charge on any atom is 0.274 e. The van der Waals surface area contributed by atoms with E-state index in [9.17, 15) is 4.79 Å². The van der Waals surface area contributed by atoms with Gasteiger partial charge in [0.1, 0.15) is 0 Å². The molecule has 0 radical (unpaired) electrons. The molecule has 0 atom stereocenters. The van der Waals surface area contributed by atoms with Crippen LogP contribution in [0.5, 0.6) is 0 Å². The van der Waals surface area contributed by atoms with Gasteiger partial charge >= 0.3 is 0 Å². The largest absolute Gasteiger partial charge is 0.338 e. The average Bonchev–Trinajstić information content (AvgIpc) is 2.20. The minimum absolute atomic E-state index is 0.0532. The topological polar surface area (TPSA) is 46.1 Å². The smallest absolute Gasteiger partial charge is 0.274 e. The van der Waals surface area contributed by atoms with Gasteiger partial charge < -0.3 is 4.90 Å². The number of carbonyl (C=O) groups excluding carboxylic acids is 1. The first kappa shape index (κ1) is 10.6. The summed E-state index contributed by atoms with van der Waals surface area (Å²) >= 11 is 0. The highest BCUT2D eigenvalue weighted by Gasteiger charge is 2.13. The van der Waals surface area contributed by atoms with Crippen LogP contribution in [0, 0.1) is 6.92 Å². The van der Waals surface area contributed by atoms with Gasteiger partial charge in [0.05, 0.1) is 5.69 Å². The molecule has 1 aromatic heterocycles. The van der Waals surface area contributed by atoms with Gasteiger partial charge in [0.2, 0.25) is 0 Å². The van der Waals surface area contributed by atoms with Crippen LogP contribution in [0.25, 0.3) is 0 Å². The van der Waals surface area contributed by atoms with Crippen LogP contribution < -0.4 is 0 Å². The SMILES string of the molecule is CCN(CC)C(=O)c1ccc(C)nn1. The number of aromatic nitrogens is 2. The second kappa shape index (κ2) is 4.69. The van der Waals surface area contributed by atoms with Crippen molar-refractivity contribution < 1.29 is 4.79 Å². The third kappa shape index (κ3) is 2.28. The van der Waals surface area contributed by atoms with Crippen molar-refractivity contribution in [3.63, 3.8) is 0 Å². The maximum absolute atomic E-state index is 11.7. The Morgan fingerprint density at radius 2 is 1.93 bits per heavy atom. The first-order valence-electron chi connectivity index (χ1n) is 4.78. The van der Waals surface area contributed by atoms with Crippen LogP contribution in [0.4, 0.5) is 0 Å². The Morgan fingerprint density at radius 3 is 2.36 bits per heavy atom. The number of hydrogen-bond donors (Lipinski definition) is 0. The van der Waals surface area contributed by atoms with Crippen molar-refractivity contribution in [1.29, 1.82) is 0 Å². The lowest BCUT2D eigenvalue weighted by molar-refractivity contribution is 0.0766. The number of nitrogens with zero attached hydrogens (tertiary/aromatic N) is 3. The third-order valence-electron chi connectivity index (χ3n) is 2.07. The quantitative estimate of drug-likeness (QED) is 0.726. The van der Waals surface area contributed by atoms with E-state index in [1.807, 2.05) is 20.8 Å². The minimum Gasteiger partial charge on any atom is -0.338 e. The summed E-state index contributed by atoms with van der Waals surface area (Å²) in [6.07, 6.45) is 0. The van der Waals surface area contributed by atoms with E-state index in [0.717, 1.165) is 5.69 Å². The number of carbonyl (C=O) groups is 1. The molecule has 0 fully saturated rings. The van der Waals surface area contributed by atoms with Gasteiger partial charge in [0, 0.05) is 13.1 Å². The molecule has 0 aliphatic heterocycles. The number of amides is 1. The highest BCUT2D eigenvalue weighted by atomic mass is 16.2. The van der Waals surface area contributed by atoms with E-state index in [2.05, 4.69) is 10.2 Å². The molecule has 0 saturated carbocycles. The highest BCUT2D eigenvalue weighted by Crippen LogP contribution is 2.01. The van der Waals surface area contributed by atoms with E-state index < -0.39 is 0 Å².